The molecule has 1 aromatic rings. The molecule has 0 saturated heterocycles. The number of hydrogen-bond donors (Lipinski definition) is 0. The lowest BCUT2D eigenvalue weighted by molar-refractivity contribution is 0.475. The molecule has 3 nitrogen and oxygen atoms in total. The number of aryl methyl sites for hydroxylation is 1. The first-order chi connectivity index (χ1) is 6.83. The van der Waals surface area contributed by atoms with Crippen LogP contribution >= 0.6 is 11.6 Å². The van der Waals surface area contributed by atoms with Gasteiger partial charge in [0.15, 0.2) is 0 Å². The second-order valence-electron chi connectivity index (χ2n) is 3.53. The van der Waals surface area contributed by atoms with Gasteiger partial charge in [-0.05, 0) is 44.5 Å². The Kier molecular flexibility index (Phi) is 3.62. The summed E-state index contributed by atoms with van der Waals surface area (Å²) in [6, 6.07) is 4.81. The van der Waals surface area contributed by atoms with E-state index >= 15 is 0 Å². The van der Waals surface area contributed by atoms with Gasteiger partial charge in [0.2, 0.25) is 0 Å². The van der Waals surface area contributed by atoms with Crippen LogP contribution in [0.2, 0.25) is 5.02 Å². The maximum Gasteiger partial charge on any atom is 0.311 e. The quantitative estimate of drug-likeness (QED) is 0.773. The van der Waals surface area contributed by atoms with Gasteiger partial charge >= 0.3 is 10.1 Å². The van der Waals surface area contributed by atoms with Gasteiger partial charge in [-0.1, -0.05) is 11.6 Å². The fraction of sp³-hybridized carbons (Fsp3) is 0.400. The Morgan fingerprint density at radius 1 is 1.33 bits per heavy atom. The zero-order chi connectivity index (χ0) is 11.6. The van der Waals surface area contributed by atoms with Crippen LogP contribution in [0.15, 0.2) is 18.2 Å². The van der Waals surface area contributed by atoms with Crippen molar-refractivity contribution in [3.63, 3.8) is 0 Å². The van der Waals surface area contributed by atoms with E-state index in [2.05, 4.69) is 0 Å². The first-order valence-corrected chi connectivity index (χ1v) is 6.37. The number of benzene rings is 1. The predicted molar refractivity (Wildman–Crippen MR) is 60.9 cm³/mol. The lowest BCUT2D eigenvalue weighted by Crippen LogP contribution is -2.20. The van der Waals surface area contributed by atoms with Crippen LogP contribution in [-0.4, -0.2) is 13.7 Å². The monoisotopic (exact) mass is 248 g/mol. The van der Waals surface area contributed by atoms with E-state index in [0.717, 1.165) is 0 Å². The molecule has 0 amide bonds. The van der Waals surface area contributed by atoms with Crippen molar-refractivity contribution in [2.75, 3.05) is 0 Å². The summed E-state index contributed by atoms with van der Waals surface area (Å²) in [6.45, 7) is 4.89. The third kappa shape index (κ3) is 3.11. The molecule has 84 valence electrons. The summed E-state index contributed by atoms with van der Waals surface area (Å²) < 4.78 is 27.9. The third-order valence-electron chi connectivity index (χ3n) is 1.92. The predicted octanol–water partition coefficient (Wildman–Crippen LogP) is 2.77. The highest BCUT2D eigenvalue weighted by Crippen LogP contribution is 2.23. The minimum atomic E-state index is -3.53. The van der Waals surface area contributed by atoms with Crippen molar-refractivity contribution in [2.45, 2.75) is 26.0 Å². The van der Waals surface area contributed by atoms with Gasteiger partial charge in [-0.2, -0.15) is 8.42 Å². The van der Waals surface area contributed by atoms with Gasteiger partial charge in [-0.3, -0.25) is 0 Å². The van der Waals surface area contributed by atoms with E-state index in [1.165, 1.54) is 0 Å². The largest absolute Gasteiger partial charge is 0.382 e. The molecule has 0 aromatic heterocycles. The molecular weight excluding hydrogens is 236 g/mol. The molecule has 0 aliphatic heterocycles. The average molecular weight is 249 g/mol. The SMILES string of the molecule is Cc1cc(Cl)ccc1OS(=O)(=O)C(C)C. The molecule has 0 spiro atoms. The lowest BCUT2D eigenvalue weighted by atomic mass is 10.2. The molecule has 0 unspecified atom stereocenters. The van der Waals surface area contributed by atoms with E-state index in [1.54, 1.807) is 39.0 Å². The Morgan fingerprint density at radius 3 is 2.40 bits per heavy atom. The highest BCUT2D eigenvalue weighted by atomic mass is 35.5. The van der Waals surface area contributed by atoms with E-state index < -0.39 is 15.4 Å². The third-order valence-corrected chi connectivity index (χ3v) is 3.72. The van der Waals surface area contributed by atoms with E-state index in [-0.39, 0.29) is 0 Å². The minimum absolute atomic E-state index is 0.327. The molecular formula is C10H13ClO3S. The molecule has 0 atom stereocenters. The van der Waals surface area contributed by atoms with E-state index in [1.807, 2.05) is 0 Å². The van der Waals surface area contributed by atoms with Crippen molar-refractivity contribution in [3.05, 3.63) is 28.8 Å². The van der Waals surface area contributed by atoms with Crippen LogP contribution in [-0.2, 0) is 10.1 Å². The standard InChI is InChI=1S/C10H13ClO3S/c1-7(2)15(12,13)14-10-5-4-9(11)6-8(10)3/h4-7H,1-3H3. The Labute approximate surface area is 95.1 Å². The fourth-order valence-electron chi connectivity index (χ4n) is 0.928. The maximum atomic E-state index is 11.5. The van der Waals surface area contributed by atoms with Crippen LogP contribution in [0.5, 0.6) is 5.75 Å². The molecule has 1 aromatic carbocycles. The Balaban J connectivity index is 3.01. The van der Waals surface area contributed by atoms with Gasteiger partial charge in [0.1, 0.15) is 5.75 Å². The molecule has 0 bridgehead atoms. The first kappa shape index (κ1) is 12.3. The van der Waals surface area contributed by atoms with Crippen LogP contribution in [0.4, 0.5) is 0 Å². The number of rotatable bonds is 3. The van der Waals surface area contributed by atoms with Gasteiger partial charge in [0.05, 0.1) is 5.25 Å². The van der Waals surface area contributed by atoms with Gasteiger partial charge in [-0.25, -0.2) is 0 Å². The van der Waals surface area contributed by atoms with Crippen molar-refractivity contribution in [1.29, 1.82) is 0 Å². The van der Waals surface area contributed by atoms with Gasteiger partial charge in [-0.15, -0.1) is 0 Å². The Bertz CT molecular complexity index is 452. The number of halogens is 1. The first-order valence-electron chi connectivity index (χ1n) is 4.52. The summed E-state index contributed by atoms with van der Waals surface area (Å²) in [7, 11) is -3.53. The molecule has 0 aliphatic rings. The summed E-state index contributed by atoms with van der Waals surface area (Å²) in [6.07, 6.45) is 0. The van der Waals surface area contributed by atoms with Crippen molar-refractivity contribution < 1.29 is 12.6 Å². The van der Waals surface area contributed by atoms with Crippen LogP contribution in [0.1, 0.15) is 19.4 Å². The maximum absolute atomic E-state index is 11.5. The smallest absolute Gasteiger partial charge is 0.311 e. The van der Waals surface area contributed by atoms with Crippen LogP contribution in [0.3, 0.4) is 0 Å². The van der Waals surface area contributed by atoms with Gasteiger partial charge in [0, 0.05) is 5.02 Å². The van der Waals surface area contributed by atoms with Crippen LogP contribution in [0.25, 0.3) is 0 Å². The highest BCUT2D eigenvalue weighted by molar-refractivity contribution is 7.87. The normalized spacial score (nSPS) is 11.8. The van der Waals surface area contributed by atoms with E-state index in [4.69, 9.17) is 15.8 Å². The second kappa shape index (κ2) is 4.41. The van der Waals surface area contributed by atoms with Crippen molar-refractivity contribution in [3.8, 4) is 5.75 Å². The minimum Gasteiger partial charge on any atom is -0.382 e. The molecule has 5 heteroatoms. The molecule has 0 saturated carbocycles. The zero-order valence-electron chi connectivity index (χ0n) is 8.82. The molecule has 1 rings (SSSR count). The summed E-state index contributed by atoms with van der Waals surface area (Å²) in [5, 5.41) is -0.00521. The molecule has 0 N–H and O–H groups in total. The number of hydrogen-bond acceptors (Lipinski definition) is 3. The highest BCUT2D eigenvalue weighted by Gasteiger charge is 2.18. The van der Waals surface area contributed by atoms with Gasteiger partial charge in [0.25, 0.3) is 0 Å². The summed E-state index contributed by atoms with van der Waals surface area (Å²) >= 11 is 5.75. The van der Waals surface area contributed by atoms with Crippen molar-refractivity contribution in [1.82, 2.24) is 0 Å². The molecule has 0 aliphatic carbocycles. The summed E-state index contributed by atoms with van der Waals surface area (Å²) in [5.41, 5.74) is 0.701. The summed E-state index contributed by atoms with van der Waals surface area (Å²) in [5.74, 6) is 0.327. The molecule has 0 heterocycles. The van der Waals surface area contributed by atoms with Crippen LogP contribution in [0, 0.1) is 6.92 Å². The second-order valence-corrected chi connectivity index (χ2v) is 6.07. The van der Waals surface area contributed by atoms with E-state index in [9.17, 15) is 8.42 Å². The Hall–Kier alpha value is -0.740. The summed E-state index contributed by atoms with van der Waals surface area (Å²) in [4.78, 5) is 0. The van der Waals surface area contributed by atoms with E-state index in [0.29, 0.717) is 16.3 Å². The van der Waals surface area contributed by atoms with Crippen molar-refractivity contribution in [2.24, 2.45) is 0 Å². The van der Waals surface area contributed by atoms with Gasteiger partial charge < -0.3 is 4.18 Å². The molecule has 0 radical (unpaired) electrons. The van der Waals surface area contributed by atoms with Crippen molar-refractivity contribution >= 4 is 21.7 Å². The Morgan fingerprint density at radius 2 is 1.93 bits per heavy atom. The fourth-order valence-corrected chi connectivity index (χ4v) is 1.78. The molecule has 15 heavy (non-hydrogen) atoms. The topological polar surface area (TPSA) is 43.4 Å². The van der Waals surface area contributed by atoms with Crippen LogP contribution < -0.4 is 4.18 Å². The average Bonchev–Trinajstić information content (AvgIpc) is 2.09. The zero-order valence-corrected chi connectivity index (χ0v) is 10.4. The molecule has 0 fully saturated rings. The lowest BCUT2D eigenvalue weighted by Gasteiger charge is -2.11.